The maximum absolute atomic E-state index is 11.5. The Bertz CT molecular complexity index is 350. The molecule has 0 heterocycles. The van der Waals surface area contributed by atoms with Gasteiger partial charge in [-0.1, -0.05) is 29.8 Å². The van der Waals surface area contributed by atoms with Gasteiger partial charge in [0.2, 0.25) is 5.91 Å². The number of amides is 1. The summed E-state index contributed by atoms with van der Waals surface area (Å²) in [7, 11) is 1.67. The Morgan fingerprint density at radius 2 is 2.24 bits per heavy atom. The van der Waals surface area contributed by atoms with E-state index in [0.717, 1.165) is 12.8 Å². The van der Waals surface area contributed by atoms with Gasteiger partial charge in [-0.05, 0) is 25.3 Å². The van der Waals surface area contributed by atoms with Crippen molar-refractivity contribution in [3.63, 3.8) is 0 Å². The normalized spacial score (nSPS) is 10.2. The van der Waals surface area contributed by atoms with E-state index in [1.807, 2.05) is 6.07 Å². The van der Waals surface area contributed by atoms with Crippen molar-refractivity contribution >= 4 is 5.91 Å². The minimum atomic E-state index is 0.114. The predicted molar refractivity (Wildman–Crippen MR) is 69.0 cm³/mol. The molecule has 1 amide bonds. The molecule has 3 heteroatoms. The number of carbonyl (C=O) groups is 1. The molecule has 0 aromatic heterocycles. The summed E-state index contributed by atoms with van der Waals surface area (Å²) in [6, 6.07) is 8.28. The molecule has 1 N–H and O–H groups in total. The number of ether oxygens (including phenoxy) is 1. The number of carbonyl (C=O) groups excluding carboxylic acids is 1. The third-order valence-electron chi connectivity index (χ3n) is 2.57. The SMILES string of the molecule is COCCCNC(=O)CCc1cccc(C)c1. The lowest BCUT2D eigenvalue weighted by atomic mass is 10.1. The van der Waals surface area contributed by atoms with Crippen LogP contribution in [0.25, 0.3) is 0 Å². The summed E-state index contributed by atoms with van der Waals surface area (Å²) < 4.78 is 4.91. The summed E-state index contributed by atoms with van der Waals surface area (Å²) in [4.78, 5) is 11.5. The Hall–Kier alpha value is -1.35. The highest BCUT2D eigenvalue weighted by Gasteiger charge is 2.01. The van der Waals surface area contributed by atoms with Crippen LogP contribution in [-0.2, 0) is 16.0 Å². The molecule has 3 nitrogen and oxygen atoms in total. The van der Waals surface area contributed by atoms with Gasteiger partial charge in [0.15, 0.2) is 0 Å². The molecule has 17 heavy (non-hydrogen) atoms. The number of nitrogens with one attached hydrogen (secondary N) is 1. The van der Waals surface area contributed by atoms with Crippen molar-refractivity contribution in [2.45, 2.75) is 26.2 Å². The van der Waals surface area contributed by atoms with Crippen LogP contribution >= 0.6 is 0 Å². The van der Waals surface area contributed by atoms with Crippen molar-refractivity contribution in [2.24, 2.45) is 0 Å². The van der Waals surface area contributed by atoms with Crippen LogP contribution in [0.1, 0.15) is 24.0 Å². The first-order valence-electron chi connectivity index (χ1n) is 6.03. The summed E-state index contributed by atoms with van der Waals surface area (Å²) in [5.41, 5.74) is 2.46. The van der Waals surface area contributed by atoms with Crippen LogP contribution in [0.3, 0.4) is 0 Å². The van der Waals surface area contributed by atoms with E-state index in [0.29, 0.717) is 19.6 Å². The van der Waals surface area contributed by atoms with Crippen molar-refractivity contribution in [1.29, 1.82) is 0 Å². The summed E-state index contributed by atoms with van der Waals surface area (Å²) >= 11 is 0. The van der Waals surface area contributed by atoms with E-state index in [1.165, 1.54) is 11.1 Å². The van der Waals surface area contributed by atoms with Crippen LogP contribution in [0, 0.1) is 6.92 Å². The summed E-state index contributed by atoms with van der Waals surface area (Å²) in [6.07, 6.45) is 2.22. The number of benzene rings is 1. The van der Waals surface area contributed by atoms with Crippen LogP contribution in [0.5, 0.6) is 0 Å². The molecule has 0 aliphatic rings. The molecule has 0 radical (unpaired) electrons. The molecule has 0 bridgehead atoms. The monoisotopic (exact) mass is 235 g/mol. The van der Waals surface area contributed by atoms with Crippen LogP contribution in [0.4, 0.5) is 0 Å². The Balaban J connectivity index is 2.19. The molecule has 94 valence electrons. The largest absolute Gasteiger partial charge is 0.385 e. The Morgan fingerprint density at radius 3 is 2.94 bits per heavy atom. The van der Waals surface area contributed by atoms with Gasteiger partial charge in [-0.15, -0.1) is 0 Å². The predicted octanol–water partition coefficient (Wildman–Crippen LogP) is 2.08. The first kappa shape index (κ1) is 13.7. The van der Waals surface area contributed by atoms with Gasteiger partial charge in [0.05, 0.1) is 0 Å². The number of hydrogen-bond donors (Lipinski definition) is 1. The van der Waals surface area contributed by atoms with E-state index >= 15 is 0 Å². The van der Waals surface area contributed by atoms with Gasteiger partial charge in [0.1, 0.15) is 0 Å². The topological polar surface area (TPSA) is 38.3 Å². The van der Waals surface area contributed by atoms with Gasteiger partial charge in [-0.2, -0.15) is 0 Å². The highest BCUT2D eigenvalue weighted by atomic mass is 16.5. The third kappa shape index (κ3) is 6.07. The van der Waals surface area contributed by atoms with Crippen molar-refractivity contribution in [1.82, 2.24) is 5.32 Å². The third-order valence-corrected chi connectivity index (χ3v) is 2.57. The lowest BCUT2D eigenvalue weighted by molar-refractivity contribution is -0.121. The van der Waals surface area contributed by atoms with Crippen LogP contribution in [0.2, 0.25) is 0 Å². The van der Waals surface area contributed by atoms with Crippen molar-refractivity contribution in [3.05, 3.63) is 35.4 Å². The first-order chi connectivity index (χ1) is 8.22. The standard InChI is InChI=1S/C14H21NO2/c1-12-5-3-6-13(11-12)7-8-14(16)15-9-4-10-17-2/h3,5-6,11H,4,7-10H2,1-2H3,(H,15,16). The van der Waals surface area contributed by atoms with E-state index in [9.17, 15) is 4.79 Å². The summed E-state index contributed by atoms with van der Waals surface area (Å²) in [5.74, 6) is 0.114. The summed E-state index contributed by atoms with van der Waals surface area (Å²) in [6.45, 7) is 3.45. The molecule has 1 aromatic rings. The fraction of sp³-hybridized carbons (Fsp3) is 0.500. The molecular weight excluding hydrogens is 214 g/mol. The smallest absolute Gasteiger partial charge is 0.220 e. The zero-order chi connectivity index (χ0) is 12.5. The molecule has 0 aliphatic carbocycles. The molecule has 0 aliphatic heterocycles. The number of rotatable bonds is 7. The number of methoxy groups -OCH3 is 1. The molecule has 1 rings (SSSR count). The molecule has 0 unspecified atom stereocenters. The van der Waals surface area contributed by atoms with E-state index in [2.05, 4.69) is 30.4 Å². The van der Waals surface area contributed by atoms with Crippen molar-refractivity contribution in [2.75, 3.05) is 20.3 Å². The fourth-order valence-corrected chi connectivity index (χ4v) is 1.66. The highest BCUT2D eigenvalue weighted by molar-refractivity contribution is 5.76. The molecule has 0 spiro atoms. The van der Waals surface area contributed by atoms with Gasteiger partial charge >= 0.3 is 0 Å². The molecule has 0 fully saturated rings. The molecular formula is C14H21NO2. The van der Waals surface area contributed by atoms with E-state index in [1.54, 1.807) is 7.11 Å². The molecule has 0 atom stereocenters. The van der Waals surface area contributed by atoms with Crippen molar-refractivity contribution in [3.8, 4) is 0 Å². The minimum absolute atomic E-state index is 0.114. The zero-order valence-corrected chi connectivity index (χ0v) is 10.7. The lowest BCUT2D eigenvalue weighted by Crippen LogP contribution is -2.25. The van der Waals surface area contributed by atoms with Crippen molar-refractivity contribution < 1.29 is 9.53 Å². The maximum atomic E-state index is 11.5. The minimum Gasteiger partial charge on any atom is -0.385 e. The van der Waals surface area contributed by atoms with Gasteiger partial charge in [-0.3, -0.25) is 4.79 Å². The zero-order valence-electron chi connectivity index (χ0n) is 10.7. The molecule has 1 aromatic carbocycles. The maximum Gasteiger partial charge on any atom is 0.220 e. The lowest BCUT2D eigenvalue weighted by Gasteiger charge is -2.05. The average molecular weight is 235 g/mol. The average Bonchev–Trinajstić information content (AvgIpc) is 2.32. The van der Waals surface area contributed by atoms with E-state index in [4.69, 9.17) is 4.74 Å². The van der Waals surface area contributed by atoms with Crippen LogP contribution < -0.4 is 5.32 Å². The fourth-order valence-electron chi connectivity index (χ4n) is 1.66. The molecule has 0 saturated carbocycles. The first-order valence-corrected chi connectivity index (χ1v) is 6.03. The second kappa shape index (κ2) is 7.85. The van der Waals surface area contributed by atoms with Crippen LogP contribution in [-0.4, -0.2) is 26.2 Å². The van der Waals surface area contributed by atoms with Gasteiger partial charge in [0.25, 0.3) is 0 Å². The van der Waals surface area contributed by atoms with E-state index < -0.39 is 0 Å². The Kier molecular flexibility index (Phi) is 6.33. The number of aryl methyl sites for hydroxylation is 2. The highest BCUT2D eigenvalue weighted by Crippen LogP contribution is 2.06. The molecule has 0 saturated heterocycles. The second-order valence-corrected chi connectivity index (χ2v) is 4.19. The van der Waals surface area contributed by atoms with E-state index in [-0.39, 0.29) is 5.91 Å². The summed E-state index contributed by atoms with van der Waals surface area (Å²) in [5, 5.41) is 2.88. The Labute approximate surface area is 103 Å². The quantitative estimate of drug-likeness (QED) is 0.735. The van der Waals surface area contributed by atoms with Gasteiger partial charge in [-0.25, -0.2) is 0 Å². The van der Waals surface area contributed by atoms with Gasteiger partial charge < -0.3 is 10.1 Å². The second-order valence-electron chi connectivity index (χ2n) is 4.19. The number of hydrogen-bond acceptors (Lipinski definition) is 2. The van der Waals surface area contributed by atoms with Gasteiger partial charge in [0, 0.05) is 26.7 Å². The Morgan fingerprint density at radius 1 is 1.41 bits per heavy atom. The van der Waals surface area contributed by atoms with Crippen LogP contribution in [0.15, 0.2) is 24.3 Å².